The van der Waals surface area contributed by atoms with Crippen molar-refractivity contribution in [2.45, 2.75) is 39.8 Å². The minimum atomic E-state index is -3.17. The molecule has 0 atom stereocenters. The van der Waals surface area contributed by atoms with Gasteiger partial charge in [-0.15, -0.1) is 0 Å². The second kappa shape index (κ2) is 21.6. The van der Waals surface area contributed by atoms with E-state index in [2.05, 4.69) is 20.6 Å². The molecule has 0 radical (unpaired) electrons. The number of carbonyl (C=O) groups excluding carboxylic acids is 3. The highest BCUT2D eigenvalue weighted by Crippen LogP contribution is 2.47. The van der Waals surface area contributed by atoms with Gasteiger partial charge in [-0.2, -0.15) is 0 Å². The zero-order valence-corrected chi connectivity index (χ0v) is 33.1. The Kier molecular flexibility index (Phi) is 17.4. The zero-order valence-electron chi connectivity index (χ0n) is 32.2. The van der Waals surface area contributed by atoms with E-state index in [0.29, 0.717) is 42.7 Å². The molecule has 0 aliphatic rings. The summed E-state index contributed by atoms with van der Waals surface area (Å²) in [6, 6.07) is 11.1. The molecule has 20 heteroatoms. The van der Waals surface area contributed by atoms with Crippen LogP contribution in [0.1, 0.15) is 57.6 Å². The Balaban J connectivity index is 0.000000329. The van der Waals surface area contributed by atoms with E-state index in [4.69, 9.17) is 9.05 Å². The molecule has 4 rings (SSSR count). The van der Waals surface area contributed by atoms with Crippen molar-refractivity contribution >= 4 is 25.7 Å². The molecule has 4 aromatic rings. The Labute approximate surface area is 326 Å². The van der Waals surface area contributed by atoms with E-state index in [0.717, 1.165) is 4.57 Å². The van der Waals surface area contributed by atoms with E-state index >= 15 is 0 Å². The summed E-state index contributed by atoms with van der Waals surface area (Å²) < 4.78 is 51.2. The molecule has 0 fully saturated rings. The average molecular weight is 818 g/mol. The fourth-order valence-corrected chi connectivity index (χ4v) is 6.76. The smallest absolute Gasteiger partial charge is 0.331 e. The normalized spacial score (nSPS) is 11.2. The first kappa shape index (κ1) is 45.8. The number of aromatic hydroxyl groups is 2. The molecule has 0 bridgehead atoms. The van der Waals surface area contributed by atoms with Gasteiger partial charge in [0.1, 0.15) is 29.6 Å². The highest BCUT2D eigenvalue weighted by atomic mass is 31.2. The van der Waals surface area contributed by atoms with Gasteiger partial charge in [0.2, 0.25) is 11.5 Å². The molecule has 2 heterocycles. The first-order valence-electron chi connectivity index (χ1n) is 17.7. The zero-order chi connectivity index (χ0) is 42.3. The Morgan fingerprint density at radius 1 is 0.789 bits per heavy atom. The van der Waals surface area contributed by atoms with Crippen molar-refractivity contribution in [2.24, 2.45) is 14.1 Å². The second-order valence-corrected chi connectivity index (χ2v) is 14.6. The Morgan fingerprint density at radius 3 is 1.63 bits per heavy atom. The topological polar surface area (TPSA) is 224 Å². The number of likely N-dealkylation sites (N-methyl/N-ethyl adjacent to an activating group) is 1. The third-order valence-corrected chi connectivity index (χ3v) is 10.3. The average Bonchev–Trinajstić information content (AvgIpc) is 3.19. The predicted molar refractivity (Wildman–Crippen MR) is 204 cm³/mol. The molecule has 308 valence electrons. The Bertz CT molecular complexity index is 2170. The number of carbonyl (C=O) groups is 3. The number of amides is 2. The predicted octanol–water partition coefficient (Wildman–Crippen LogP) is 2.59. The molecule has 0 aliphatic heterocycles. The standard InChI is InChI=1S/C22H32FN4O6P.C15H14FN3O4/c1-5-32-34(31,33-6-2)14-13-26(3)12-11-18-25-19(20(28)22(30)27(18)4)21(29)24-15-16-7-9-17(23)10-8-16;1-19-11(6-7-20)18-12(13(21)15(19)23)14(22)17-8-9-2-4-10(16)5-3-9/h7-10,28H,5-6,11-15H2,1-4H3,(H,24,29);2-5,7,21H,6,8H2,1H3,(H,17,22). The summed E-state index contributed by atoms with van der Waals surface area (Å²) in [6.07, 6.45) is 0.891. The second-order valence-electron chi connectivity index (χ2n) is 12.4. The van der Waals surface area contributed by atoms with Crippen molar-refractivity contribution in [1.82, 2.24) is 34.6 Å². The van der Waals surface area contributed by atoms with Gasteiger partial charge >= 0.3 is 7.60 Å². The third-order valence-electron chi connectivity index (χ3n) is 8.27. The van der Waals surface area contributed by atoms with Crippen molar-refractivity contribution in [2.75, 3.05) is 39.5 Å². The van der Waals surface area contributed by atoms with Gasteiger partial charge in [-0.05, 0) is 56.3 Å². The monoisotopic (exact) mass is 817 g/mol. The number of aldehydes is 1. The van der Waals surface area contributed by atoms with Crippen molar-refractivity contribution in [3.63, 3.8) is 0 Å². The number of benzene rings is 2. The van der Waals surface area contributed by atoms with Crippen LogP contribution < -0.4 is 21.8 Å². The minimum absolute atomic E-state index is 0.0646. The van der Waals surface area contributed by atoms with Crippen molar-refractivity contribution in [3.05, 3.63) is 115 Å². The number of aromatic nitrogens is 4. The van der Waals surface area contributed by atoms with Gasteiger partial charge in [0.05, 0.1) is 25.8 Å². The minimum Gasteiger partial charge on any atom is -0.501 e. The van der Waals surface area contributed by atoms with Crippen LogP contribution in [0, 0.1) is 11.6 Å². The molecule has 4 N–H and O–H groups in total. The summed E-state index contributed by atoms with van der Waals surface area (Å²) in [4.78, 5) is 69.5. The Hall–Kier alpha value is -5.62. The van der Waals surface area contributed by atoms with Crippen molar-refractivity contribution in [3.8, 4) is 11.5 Å². The lowest BCUT2D eigenvalue weighted by Crippen LogP contribution is -2.32. The molecule has 17 nitrogen and oxygen atoms in total. The number of hydrogen-bond acceptors (Lipinski definition) is 13. The first-order valence-corrected chi connectivity index (χ1v) is 19.4. The molecule has 0 unspecified atom stereocenters. The fraction of sp³-hybridized carbons (Fsp3) is 0.378. The van der Waals surface area contributed by atoms with Crippen LogP contribution in [0.2, 0.25) is 0 Å². The molecule has 0 aliphatic carbocycles. The van der Waals surface area contributed by atoms with Crippen LogP contribution in [0.15, 0.2) is 58.1 Å². The highest BCUT2D eigenvalue weighted by molar-refractivity contribution is 7.53. The lowest BCUT2D eigenvalue weighted by atomic mass is 10.2. The van der Waals surface area contributed by atoms with Crippen molar-refractivity contribution in [1.29, 1.82) is 0 Å². The van der Waals surface area contributed by atoms with E-state index < -0.39 is 59.4 Å². The van der Waals surface area contributed by atoms with Crippen LogP contribution in [0.5, 0.6) is 11.5 Å². The molecule has 0 spiro atoms. The van der Waals surface area contributed by atoms with Gasteiger partial charge in [0, 0.05) is 46.7 Å². The summed E-state index contributed by atoms with van der Waals surface area (Å²) in [6.45, 7) is 5.08. The maximum atomic E-state index is 13.0. The maximum Gasteiger partial charge on any atom is 0.331 e. The van der Waals surface area contributed by atoms with E-state index in [9.17, 15) is 47.5 Å². The molecule has 2 aromatic heterocycles. The summed E-state index contributed by atoms with van der Waals surface area (Å²) in [5, 5.41) is 25.0. The Morgan fingerprint density at radius 2 is 1.21 bits per heavy atom. The number of nitrogens with zero attached hydrogens (tertiary/aromatic N) is 5. The van der Waals surface area contributed by atoms with Gasteiger partial charge in [0.15, 0.2) is 11.4 Å². The van der Waals surface area contributed by atoms with E-state index in [-0.39, 0.29) is 50.4 Å². The van der Waals surface area contributed by atoms with Gasteiger partial charge in [-0.1, -0.05) is 24.3 Å². The van der Waals surface area contributed by atoms with Crippen LogP contribution in [0.4, 0.5) is 8.78 Å². The summed E-state index contributed by atoms with van der Waals surface area (Å²) in [5.74, 6) is -3.45. The molecule has 2 amide bonds. The SMILES string of the molecule is CCOP(=O)(CCN(C)CCc1nc(C(=O)NCc2ccc(F)cc2)c(O)c(=O)n1C)OCC.Cn1c(CC=O)nc(C(=O)NCc2ccc(F)cc2)c(O)c1=O. The van der Waals surface area contributed by atoms with Crippen LogP contribution in [0.3, 0.4) is 0 Å². The number of nitrogens with one attached hydrogen (secondary N) is 2. The van der Waals surface area contributed by atoms with Crippen LogP contribution >= 0.6 is 7.60 Å². The van der Waals surface area contributed by atoms with Gasteiger partial charge in [-0.3, -0.25) is 32.9 Å². The maximum absolute atomic E-state index is 13.0. The van der Waals surface area contributed by atoms with Crippen LogP contribution in [-0.2, 0) is 58.4 Å². The molecule has 2 aromatic carbocycles. The third kappa shape index (κ3) is 13.2. The first-order chi connectivity index (χ1) is 27.0. The van der Waals surface area contributed by atoms with E-state index in [1.54, 1.807) is 13.8 Å². The summed E-state index contributed by atoms with van der Waals surface area (Å²) >= 11 is 0. The summed E-state index contributed by atoms with van der Waals surface area (Å²) in [5.41, 5.74) is -1.10. The lowest BCUT2D eigenvalue weighted by molar-refractivity contribution is -0.107. The molecule has 57 heavy (non-hydrogen) atoms. The highest BCUT2D eigenvalue weighted by Gasteiger charge is 2.25. The summed E-state index contributed by atoms with van der Waals surface area (Å²) in [7, 11) is 1.45. The van der Waals surface area contributed by atoms with Gasteiger partial charge < -0.3 is 39.6 Å². The van der Waals surface area contributed by atoms with Gasteiger partial charge in [-0.25, -0.2) is 18.7 Å². The molecular weight excluding hydrogens is 771 g/mol. The fourth-order valence-electron chi connectivity index (χ4n) is 5.06. The van der Waals surface area contributed by atoms with Crippen molar-refractivity contribution < 1.29 is 47.0 Å². The lowest BCUT2D eigenvalue weighted by Gasteiger charge is -2.21. The van der Waals surface area contributed by atoms with E-state index in [1.165, 1.54) is 67.2 Å². The van der Waals surface area contributed by atoms with Gasteiger partial charge in [0.25, 0.3) is 22.9 Å². The quantitative estimate of drug-likeness (QED) is 0.0839. The molecule has 0 saturated heterocycles. The molecular formula is C37H46F2N7O10P. The van der Waals surface area contributed by atoms with E-state index in [1.807, 2.05) is 11.9 Å². The largest absolute Gasteiger partial charge is 0.501 e. The van der Waals surface area contributed by atoms with Crippen LogP contribution in [0.25, 0.3) is 0 Å². The molecule has 0 saturated carbocycles. The number of hydrogen-bond donors (Lipinski definition) is 4. The van der Waals surface area contributed by atoms with Crippen LogP contribution in [-0.4, -0.2) is 91.8 Å². The number of rotatable bonds is 18. The number of halogens is 2.